The molecule has 1 N–H and O–H groups in total. The molecule has 0 radical (unpaired) electrons. The Morgan fingerprint density at radius 2 is 1.88 bits per heavy atom. The highest BCUT2D eigenvalue weighted by Gasteiger charge is 2.16. The molecule has 0 aliphatic heterocycles. The maximum Gasteiger partial charge on any atom is 0.297 e. The normalized spacial score (nSPS) is 11.1. The molecule has 0 bridgehead atoms. The minimum atomic E-state index is -3.84. The van der Waals surface area contributed by atoms with Crippen LogP contribution in [-0.4, -0.2) is 28.0 Å². The van der Waals surface area contributed by atoms with Gasteiger partial charge in [0.25, 0.3) is 10.1 Å². The second kappa shape index (κ2) is 5.09. The molecule has 0 aliphatic rings. The van der Waals surface area contributed by atoms with Gasteiger partial charge in [-0.2, -0.15) is 8.42 Å². The summed E-state index contributed by atoms with van der Waals surface area (Å²) in [5, 5.41) is 2.27. The van der Waals surface area contributed by atoms with Crippen molar-refractivity contribution in [3.05, 3.63) is 29.8 Å². The number of carbonyl (C=O) groups excluding carboxylic acids is 1. The van der Waals surface area contributed by atoms with Crippen LogP contribution in [0.3, 0.4) is 0 Å². The van der Waals surface area contributed by atoms with Crippen LogP contribution in [-0.2, 0) is 19.1 Å². The Bertz CT molecular complexity index is 464. The Morgan fingerprint density at radius 3 is 2.38 bits per heavy atom. The molecule has 0 aliphatic carbocycles. The van der Waals surface area contributed by atoms with Crippen LogP contribution < -0.4 is 5.32 Å². The van der Waals surface area contributed by atoms with Gasteiger partial charge in [0.15, 0.2) is 0 Å². The topological polar surface area (TPSA) is 72.5 Å². The van der Waals surface area contributed by atoms with Gasteiger partial charge in [-0.25, -0.2) is 0 Å². The first kappa shape index (κ1) is 12.7. The lowest BCUT2D eigenvalue weighted by molar-refractivity contribution is -0.122. The molecule has 0 aromatic heterocycles. The van der Waals surface area contributed by atoms with Gasteiger partial charge in [-0.3, -0.25) is 8.98 Å². The number of carbonyl (C=O) groups is 1. The van der Waals surface area contributed by atoms with E-state index in [1.54, 1.807) is 12.1 Å². The molecule has 0 saturated carbocycles. The number of nitrogens with one attached hydrogen (secondary N) is 1. The summed E-state index contributed by atoms with van der Waals surface area (Å²) in [5.74, 6) is -0.490. The van der Waals surface area contributed by atoms with Crippen LogP contribution in [0.4, 0.5) is 0 Å². The van der Waals surface area contributed by atoms with Gasteiger partial charge in [0.1, 0.15) is 6.61 Å². The molecule has 0 atom stereocenters. The maximum atomic E-state index is 11.6. The Kier molecular flexibility index (Phi) is 4.03. The number of rotatable bonds is 4. The third-order valence-corrected chi connectivity index (χ3v) is 3.21. The van der Waals surface area contributed by atoms with Crippen molar-refractivity contribution in [1.82, 2.24) is 5.32 Å². The number of hydrogen-bond acceptors (Lipinski definition) is 4. The second-order valence-electron chi connectivity index (χ2n) is 3.20. The lowest BCUT2D eigenvalue weighted by Crippen LogP contribution is -2.25. The average Bonchev–Trinajstić information content (AvgIpc) is 2.26. The molecule has 1 aromatic rings. The van der Waals surface area contributed by atoms with E-state index >= 15 is 0 Å². The summed E-state index contributed by atoms with van der Waals surface area (Å²) in [6.07, 6.45) is 0. The standard InChI is InChI=1S/C10H13NO4S/c1-8-3-5-9(6-4-8)16(13,14)15-7-10(12)11-2/h3-6H,7H2,1-2H3,(H,11,12). The van der Waals surface area contributed by atoms with Gasteiger partial charge in [0.05, 0.1) is 4.90 Å². The summed E-state index contributed by atoms with van der Waals surface area (Å²) in [6.45, 7) is 1.34. The Labute approximate surface area is 94.6 Å². The van der Waals surface area contributed by atoms with Gasteiger partial charge >= 0.3 is 0 Å². The lowest BCUT2D eigenvalue weighted by Gasteiger charge is -2.04. The molecule has 88 valence electrons. The summed E-state index contributed by atoms with van der Waals surface area (Å²) in [4.78, 5) is 10.9. The van der Waals surface area contributed by atoms with Gasteiger partial charge in [0.2, 0.25) is 5.91 Å². The summed E-state index contributed by atoms with van der Waals surface area (Å²) in [6, 6.07) is 6.20. The van der Waals surface area contributed by atoms with E-state index in [-0.39, 0.29) is 4.90 Å². The van der Waals surface area contributed by atoms with Crippen LogP contribution in [0.15, 0.2) is 29.2 Å². The van der Waals surface area contributed by atoms with E-state index in [0.717, 1.165) is 5.56 Å². The van der Waals surface area contributed by atoms with Crippen LogP contribution >= 0.6 is 0 Å². The van der Waals surface area contributed by atoms with Crippen molar-refractivity contribution in [2.24, 2.45) is 0 Å². The number of amides is 1. The highest BCUT2D eigenvalue weighted by Crippen LogP contribution is 2.12. The zero-order chi connectivity index (χ0) is 12.2. The second-order valence-corrected chi connectivity index (χ2v) is 4.82. The van der Waals surface area contributed by atoms with Crippen LogP contribution in [0, 0.1) is 6.92 Å². The maximum absolute atomic E-state index is 11.6. The highest BCUT2D eigenvalue weighted by atomic mass is 32.2. The van der Waals surface area contributed by atoms with Crippen LogP contribution in [0.5, 0.6) is 0 Å². The van der Waals surface area contributed by atoms with Gasteiger partial charge in [-0.15, -0.1) is 0 Å². The number of hydrogen-bond donors (Lipinski definition) is 1. The Hall–Kier alpha value is -1.40. The van der Waals surface area contributed by atoms with E-state index in [1.807, 2.05) is 6.92 Å². The predicted molar refractivity (Wildman–Crippen MR) is 58.4 cm³/mol. The first-order valence-corrected chi connectivity index (χ1v) is 6.03. The van der Waals surface area contributed by atoms with Gasteiger partial charge in [-0.05, 0) is 19.1 Å². The Balaban J connectivity index is 2.78. The minimum absolute atomic E-state index is 0.0435. The molecule has 6 heteroatoms. The molecule has 1 aromatic carbocycles. The van der Waals surface area contributed by atoms with Crippen molar-refractivity contribution in [2.45, 2.75) is 11.8 Å². The van der Waals surface area contributed by atoms with Crippen molar-refractivity contribution in [2.75, 3.05) is 13.7 Å². The van der Waals surface area contributed by atoms with Crippen molar-refractivity contribution in [3.63, 3.8) is 0 Å². The molecule has 1 amide bonds. The fourth-order valence-electron chi connectivity index (χ4n) is 0.976. The summed E-state index contributed by atoms with van der Waals surface area (Å²) >= 11 is 0. The van der Waals surface area contributed by atoms with E-state index in [1.165, 1.54) is 19.2 Å². The van der Waals surface area contributed by atoms with E-state index in [4.69, 9.17) is 0 Å². The third kappa shape index (κ3) is 3.32. The quantitative estimate of drug-likeness (QED) is 0.779. The van der Waals surface area contributed by atoms with Gasteiger partial charge in [-0.1, -0.05) is 17.7 Å². The SMILES string of the molecule is CNC(=O)COS(=O)(=O)c1ccc(C)cc1. The first-order valence-electron chi connectivity index (χ1n) is 4.62. The van der Waals surface area contributed by atoms with Gasteiger partial charge in [0, 0.05) is 7.05 Å². The molecule has 16 heavy (non-hydrogen) atoms. The number of aryl methyl sites for hydroxylation is 1. The largest absolute Gasteiger partial charge is 0.357 e. The van der Waals surface area contributed by atoms with Crippen LogP contribution in [0.25, 0.3) is 0 Å². The predicted octanol–water partition coefficient (Wildman–Crippen LogP) is 0.446. The van der Waals surface area contributed by atoms with Crippen molar-refractivity contribution >= 4 is 16.0 Å². The molecule has 0 spiro atoms. The molecule has 0 heterocycles. The molecule has 0 unspecified atom stereocenters. The fraction of sp³-hybridized carbons (Fsp3) is 0.300. The zero-order valence-electron chi connectivity index (χ0n) is 9.06. The van der Waals surface area contributed by atoms with E-state index < -0.39 is 22.6 Å². The highest BCUT2D eigenvalue weighted by molar-refractivity contribution is 7.86. The van der Waals surface area contributed by atoms with E-state index in [9.17, 15) is 13.2 Å². The molecule has 5 nitrogen and oxygen atoms in total. The third-order valence-electron chi connectivity index (χ3n) is 1.93. The summed E-state index contributed by atoms with van der Waals surface area (Å²) in [7, 11) is -2.44. The van der Waals surface area contributed by atoms with E-state index in [0.29, 0.717) is 0 Å². The van der Waals surface area contributed by atoms with Crippen LogP contribution in [0.1, 0.15) is 5.56 Å². The number of likely N-dealkylation sites (N-methyl/N-ethyl adjacent to an activating group) is 1. The lowest BCUT2D eigenvalue weighted by atomic mass is 10.2. The molecular weight excluding hydrogens is 230 g/mol. The smallest absolute Gasteiger partial charge is 0.297 e. The molecule has 0 fully saturated rings. The van der Waals surface area contributed by atoms with Crippen LogP contribution in [0.2, 0.25) is 0 Å². The fourth-order valence-corrected chi connectivity index (χ4v) is 1.84. The zero-order valence-corrected chi connectivity index (χ0v) is 9.87. The van der Waals surface area contributed by atoms with Gasteiger partial charge < -0.3 is 5.32 Å². The van der Waals surface area contributed by atoms with E-state index in [2.05, 4.69) is 9.50 Å². The monoisotopic (exact) mass is 243 g/mol. The van der Waals surface area contributed by atoms with Crippen molar-refractivity contribution in [3.8, 4) is 0 Å². The first-order chi connectivity index (χ1) is 7.45. The number of benzene rings is 1. The van der Waals surface area contributed by atoms with Crippen molar-refractivity contribution < 1.29 is 17.4 Å². The molecular formula is C10H13NO4S. The minimum Gasteiger partial charge on any atom is -0.357 e. The Morgan fingerprint density at radius 1 is 1.31 bits per heavy atom. The van der Waals surface area contributed by atoms with Crippen molar-refractivity contribution in [1.29, 1.82) is 0 Å². The average molecular weight is 243 g/mol. The molecule has 1 rings (SSSR count). The molecule has 0 saturated heterocycles. The summed E-state index contributed by atoms with van der Waals surface area (Å²) in [5.41, 5.74) is 0.949. The summed E-state index contributed by atoms with van der Waals surface area (Å²) < 4.78 is 27.7.